The van der Waals surface area contributed by atoms with E-state index in [4.69, 9.17) is 0 Å². The number of amides is 1. The van der Waals surface area contributed by atoms with Gasteiger partial charge in [0.1, 0.15) is 0 Å². The summed E-state index contributed by atoms with van der Waals surface area (Å²) >= 11 is 0. The zero-order chi connectivity index (χ0) is 19.6. The predicted molar refractivity (Wildman–Crippen MR) is 105 cm³/mol. The van der Waals surface area contributed by atoms with E-state index in [1.807, 2.05) is 24.0 Å². The Morgan fingerprint density at radius 1 is 1.41 bits per heavy atom. The molecule has 3 rings (SSSR count). The SMILES string of the molecule is C=C(C1=CC(C#N)C2=C(O)CCC=C2N(C)C1=O)N(CC)C1=CCCC=C1. The molecular weight excluding hydrogens is 338 g/mol. The Bertz CT molecular complexity index is 864. The first-order valence-electron chi connectivity index (χ1n) is 9.35. The second kappa shape index (κ2) is 7.71. The first kappa shape index (κ1) is 18.8. The topological polar surface area (TPSA) is 67.6 Å². The van der Waals surface area contributed by atoms with Crippen molar-refractivity contribution in [2.75, 3.05) is 13.6 Å². The Balaban J connectivity index is 2.06. The maximum absolute atomic E-state index is 13.2. The van der Waals surface area contributed by atoms with Gasteiger partial charge >= 0.3 is 0 Å². The highest BCUT2D eigenvalue weighted by Crippen LogP contribution is 2.37. The van der Waals surface area contributed by atoms with Crippen molar-refractivity contribution in [2.45, 2.75) is 32.6 Å². The summed E-state index contributed by atoms with van der Waals surface area (Å²) in [6, 6.07) is 2.23. The number of carbonyl (C=O) groups excluding carboxylic acids is 1. The van der Waals surface area contributed by atoms with E-state index in [9.17, 15) is 15.2 Å². The van der Waals surface area contributed by atoms with E-state index in [-0.39, 0.29) is 11.7 Å². The number of allylic oxidation sites excluding steroid dienone is 7. The van der Waals surface area contributed by atoms with Gasteiger partial charge in [-0.25, -0.2) is 0 Å². The van der Waals surface area contributed by atoms with Crippen LogP contribution in [0.3, 0.4) is 0 Å². The Labute approximate surface area is 160 Å². The van der Waals surface area contributed by atoms with Gasteiger partial charge in [-0.15, -0.1) is 0 Å². The van der Waals surface area contributed by atoms with Gasteiger partial charge in [-0.1, -0.05) is 24.8 Å². The number of likely N-dealkylation sites (N-methyl/N-ethyl adjacent to an activating group) is 2. The molecule has 1 aliphatic heterocycles. The minimum absolute atomic E-state index is 0.187. The standard InChI is InChI=1S/C22H25N3O2/c1-4-25(17-9-6-5-7-10-17)15(2)18-13-16(14-23)21-19(24(3)22(18)27)11-8-12-20(21)26/h6,9-11,13,16,26H,2,4-5,7-8,12H2,1,3H3. The lowest BCUT2D eigenvalue weighted by Crippen LogP contribution is -2.32. The Hall–Kier alpha value is -3.00. The Morgan fingerprint density at radius 2 is 2.19 bits per heavy atom. The molecule has 0 bridgehead atoms. The van der Waals surface area contributed by atoms with E-state index < -0.39 is 5.92 Å². The van der Waals surface area contributed by atoms with Gasteiger partial charge in [0.15, 0.2) is 0 Å². The van der Waals surface area contributed by atoms with E-state index in [0.717, 1.165) is 18.5 Å². The van der Waals surface area contributed by atoms with Crippen LogP contribution in [0.4, 0.5) is 0 Å². The van der Waals surface area contributed by atoms with Crippen molar-refractivity contribution in [3.05, 3.63) is 71.0 Å². The average Bonchev–Trinajstić information content (AvgIpc) is 2.79. The van der Waals surface area contributed by atoms with Gasteiger partial charge in [0.2, 0.25) is 0 Å². The molecule has 3 aliphatic rings. The first-order chi connectivity index (χ1) is 13.0. The summed E-state index contributed by atoms with van der Waals surface area (Å²) in [5, 5.41) is 20.1. The fraction of sp³-hybridized carbons (Fsp3) is 0.364. The molecule has 1 amide bonds. The number of hydrogen-bond acceptors (Lipinski definition) is 4. The second-order valence-electron chi connectivity index (χ2n) is 6.84. The molecule has 0 aromatic heterocycles. The number of hydrogen-bond donors (Lipinski definition) is 1. The highest BCUT2D eigenvalue weighted by molar-refractivity contribution is 5.99. The van der Waals surface area contributed by atoms with E-state index in [1.54, 1.807) is 13.1 Å². The molecule has 1 unspecified atom stereocenters. The molecule has 1 heterocycles. The number of carbonyl (C=O) groups is 1. The van der Waals surface area contributed by atoms with Crippen molar-refractivity contribution in [1.29, 1.82) is 5.26 Å². The van der Waals surface area contributed by atoms with Crippen LogP contribution >= 0.6 is 0 Å². The Morgan fingerprint density at radius 3 is 2.81 bits per heavy atom. The van der Waals surface area contributed by atoms with Gasteiger partial charge in [-0.05, 0) is 38.3 Å². The number of nitrogens with zero attached hydrogens (tertiary/aromatic N) is 3. The highest BCUT2D eigenvalue weighted by atomic mass is 16.3. The first-order valence-corrected chi connectivity index (χ1v) is 9.35. The zero-order valence-electron chi connectivity index (χ0n) is 15.9. The molecule has 0 saturated carbocycles. The molecule has 0 aromatic rings. The minimum Gasteiger partial charge on any atom is -0.512 e. The van der Waals surface area contributed by atoms with Crippen molar-refractivity contribution in [3.63, 3.8) is 0 Å². The number of aliphatic hydroxyl groups excluding tert-OH is 1. The van der Waals surface area contributed by atoms with Gasteiger partial charge < -0.3 is 14.9 Å². The van der Waals surface area contributed by atoms with Gasteiger partial charge in [0, 0.05) is 42.7 Å². The van der Waals surface area contributed by atoms with Crippen molar-refractivity contribution < 1.29 is 9.90 Å². The maximum atomic E-state index is 13.2. The van der Waals surface area contributed by atoms with E-state index >= 15 is 0 Å². The average molecular weight is 363 g/mol. The zero-order valence-corrected chi connectivity index (χ0v) is 15.9. The number of rotatable bonds is 4. The minimum atomic E-state index is -0.688. The lowest BCUT2D eigenvalue weighted by Gasteiger charge is -2.30. The summed E-state index contributed by atoms with van der Waals surface area (Å²) < 4.78 is 0. The van der Waals surface area contributed by atoms with Gasteiger partial charge in [-0.3, -0.25) is 4.79 Å². The van der Waals surface area contributed by atoms with Gasteiger partial charge in [0.25, 0.3) is 5.91 Å². The quantitative estimate of drug-likeness (QED) is 0.817. The van der Waals surface area contributed by atoms with Crippen molar-refractivity contribution in [3.8, 4) is 6.07 Å². The lowest BCUT2D eigenvalue weighted by atomic mass is 9.90. The predicted octanol–water partition coefficient (Wildman–Crippen LogP) is 4.08. The van der Waals surface area contributed by atoms with Gasteiger partial charge in [0.05, 0.1) is 23.3 Å². The molecule has 1 N–H and O–H groups in total. The smallest absolute Gasteiger partial charge is 0.259 e. The van der Waals surface area contributed by atoms with Crippen LogP contribution in [0, 0.1) is 17.2 Å². The summed E-state index contributed by atoms with van der Waals surface area (Å²) in [4.78, 5) is 16.7. The van der Waals surface area contributed by atoms with Crippen molar-refractivity contribution >= 4 is 5.91 Å². The maximum Gasteiger partial charge on any atom is 0.259 e. The van der Waals surface area contributed by atoms with E-state index in [0.29, 0.717) is 41.9 Å². The molecule has 140 valence electrons. The molecule has 0 spiro atoms. The molecule has 5 nitrogen and oxygen atoms in total. The Kier molecular flexibility index (Phi) is 5.36. The molecular formula is C22H25N3O2. The number of aliphatic hydroxyl groups is 1. The van der Waals surface area contributed by atoms with E-state index in [1.165, 1.54) is 4.90 Å². The van der Waals surface area contributed by atoms with Crippen LogP contribution in [0.1, 0.15) is 32.6 Å². The normalized spacial score (nSPS) is 22.3. The van der Waals surface area contributed by atoms with Crippen LogP contribution in [0.5, 0.6) is 0 Å². The van der Waals surface area contributed by atoms with Crippen molar-refractivity contribution in [2.24, 2.45) is 5.92 Å². The monoisotopic (exact) mass is 363 g/mol. The van der Waals surface area contributed by atoms with Crippen LogP contribution < -0.4 is 0 Å². The molecule has 2 aliphatic carbocycles. The molecule has 0 aromatic carbocycles. The third-order valence-corrected chi connectivity index (χ3v) is 5.23. The summed E-state index contributed by atoms with van der Waals surface area (Å²) in [6.07, 6.45) is 13.0. The van der Waals surface area contributed by atoms with Crippen LogP contribution in [-0.2, 0) is 4.79 Å². The summed E-state index contributed by atoms with van der Waals surface area (Å²) in [5.41, 5.74) is 3.14. The molecule has 27 heavy (non-hydrogen) atoms. The van der Waals surface area contributed by atoms with Crippen LogP contribution in [0.15, 0.2) is 71.0 Å². The van der Waals surface area contributed by atoms with Crippen molar-refractivity contribution in [1.82, 2.24) is 9.80 Å². The second-order valence-corrected chi connectivity index (χ2v) is 6.84. The van der Waals surface area contributed by atoms with E-state index in [2.05, 4.69) is 24.8 Å². The molecule has 0 radical (unpaired) electrons. The largest absolute Gasteiger partial charge is 0.512 e. The summed E-state index contributed by atoms with van der Waals surface area (Å²) in [5.74, 6) is -0.714. The molecule has 5 heteroatoms. The lowest BCUT2D eigenvalue weighted by molar-refractivity contribution is -0.123. The van der Waals surface area contributed by atoms with Crippen LogP contribution in [-0.4, -0.2) is 34.4 Å². The fourth-order valence-electron chi connectivity index (χ4n) is 3.80. The van der Waals surface area contributed by atoms with Crippen LogP contribution in [0.2, 0.25) is 0 Å². The number of nitriles is 1. The summed E-state index contributed by atoms with van der Waals surface area (Å²) in [7, 11) is 1.68. The number of fused-ring (bicyclic) bond motifs is 1. The molecule has 0 fully saturated rings. The highest BCUT2D eigenvalue weighted by Gasteiger charge is 2.35. The fourth-order valence-corrected chi connectivity index (χ4v) is 3.80. The molecule has 0 saturated heterocycles. The van der Waals surface area contributed by atoms with Gasteiger partial charge in [-0.2, -0.15) is 5.26 Å². The molecule has 1 atom stereocenters. The summed E-state index contributed by atoms with van der Waals surface area (Å²) in [6.45, 7) is 6.86. The third-order valence-electron chi connectivity index (χ3n) is 5.23. The van der Waals surface area contributed by atoms with Crippen LogP contribution in [0.25, 0.3) is 0 Å². The third kappa shape index (κ3) is 3.35.